The highest BCUT2D eigenvalue weighted by Crippen LogP contribution is 2.41. The smallest absolute Gasteiger partial charge is 0.244 e. The number of hydrogen-bond donors (Lipinski definition) is 1. The second kappa shape index (κ2) is 13.2. The maximum absolute atomic E-state index is 13.0. The van der Waals surface area contributed by atoms with Gasteiger partial charge in [-0.05, 0) is 109 Å². The van der Waals surface area contributed by atoms with Crippen LogP contribution in [-0.4, -0.2) is 58.8 Å². The van der Waals surface area contributed by atoms with Crippen molar-refractivity contribution in [2.24, 2.45) is 0 Å². The van der Waals surface area contributed by atoms with Gasteiger partial charge in [-0.1, -0.05) is 26.0 Å². The monoisotopic (exact) mass is 553 g/mol. The first kappa shape index (κ1) is 24.7. The van der Waals surface area contributed by atoms with E-state index in [1.54, 1.807) is 19.1 Å². The zero-order valence-corrected chi connectivity index (χ0v) is 25.3. The molecule has 0 aliphatic rings. The van der Waals surface area contributed by atoms with Crippen molar-refractivity contribution in [3.05, 3.63) is 46.5 Å². The van der Waals surface area contributed by atoms with Crippen LogP contribution < -0.4 is 18.9 Å². The van der Waals surface area contributed by atoms with Gasteiger partial charge in [-0.25, -0.2) is 13.1 Å². The van der Waals surface area contributed by atoms with Gasteiger partial charge >= 0.3 is 0 Å². The van der Waals surface area contributed by atoms with E-state index in [-0.39, 0.29) is 16.6 Å². The number of rotatable bonds is 14. The topological polar surface area (TPSA) is 77.1 Å². The van der Waals surface area contributed by atoms with Crippen molar-refractivity contribution in [3.8, 4) is 17.2 Å². The van der Waals surface area contributed by atoms with Gasteiger partial charge in [0.05, 0.1) is 15.9 Å². The number of ether oxygens (including phenoxy) is 3. The van der Waals surface area contributed by atoms with E-state index in [1.807, 2.05) is 40.8 Å². The van der Waals surface area contributed by atoms with Crippen LogP contribution in [0.4, 0.5) is 0 Å². The summed E-state index contributed by atoms with van der Waals surface area (Å²) in [6.45, 7) is 10.4. The molecule has 2 aromatic rings. The zero-order chi connectivity index (χ0) is 33.1. The van der Waals surface area contributed by atoms with E-state index in [0.717, 1.165) is 23.1 Å². The molecular formula is C30H48N2O5S. The van der Waals surface area contributed by atoms with Gasteiger partial charge in [0.15, 0.2) is 11.5 Å². The molecule has 2 rings (SSSR count). The molecule has 2 aromatic carbocycles. The Morgan fingerprint density at radius 3 is 2.32 bits per heavy atom. The summed E-state index contributed by atoms with van der Waals surface area (Å²) >= 11 is 0. The molecule has 0 saturated carbocycles. The molecular weight excluding hydrogens is 500 g/mol. The van der Waals surface area contributed by atoms with E-state index in [4.69, 9.17) is 21.1 Å². The molecule has 0 aliphatic heterocycles. The Hall–Kier alpha value is -2.29. The van der Waals surface area contributed by atoms with Crippen LogP contribution in [0.15, 0.2) is 29.2 Å². The Bertz CT molecular complexity index is 1380. The van der Waals surface area contributed by atoms with Crippen LogP contribution in [-0.2, 0) is 10.0 Å². The molecule has 0 bridgehead atoms. The molecule has 0 amide bonds. The Morgan fingerprint density at radius 2 is 1.74 bits per heavy atom. The fraction of sp³-hybridized carbons (Fsp3) is 0.600. The predicted octanol–water partition coefficient (Wildman–Crippen LogP) is 5.99. The minimum atomic E-state index is -3.78. The van der Waals surface area contributed by atoms with Gasteiger partial charge in [-0.15, -0.1) is 0 Å². The first-order valence-electron chi connectivity index (χ1n) is 15.5. The summed E-state index contributed by atoms with van der Waals surface area (Å²) in [7, 11) is -0.407. The lowest BCUT2D eigenvalue weighted by Crippen LogP contribution is -2.50. The quantitative estimate of drug-likeness (QED) is 0.310. The first-order valence-corrected chi connectivity index (χ1v) is 14.5. The summed E-state index contributed by atoms with van der Waals surface area (Å²) in [4.78, 5) is 2.32. The molecule has 0 saturated heterocycles. The summed E-state index contributed by atoms with van der Waals surface area (Å²) < 4.78 is 84.3. The molecule has 0 heterocycles. The summed E-state index contributed by atoms with van der Waals surface area (Å²) in [6, 6.07) is 6.91. The number of aryl methyl sites for hydroxylation is 1. The summed E-state index contributed by atoms with van der Waals surface area (Å²) in [5, 5.41) is 0. The second-order valence-electron chi connectivity index (χ2n) is 10.0. The molecule has 7 nitrogen and oxygen atoms in total. The van der Waals surface area contributed by atoms with Crippen molar-refractivity contribution < 1.29 is 29.5 Å². The summed E-state index contributed by atoms with van der Waals surface area (Å²) in [6.07, 6.45) is 0.348. The van der Waals surface area contributed by atoms with E-state index in [0.29, 0.717) is 30.2 Å². The zero-order valence-electron chi connectivity index (χ0n) is 29.5. The Morgan fingerprint density at radius 1 is 1.08 bits per heavy atom. The van der Waals surface area contributed by atoms with Gasteiger partial charge in [0.1, 0.15) is 16.7 Å². The third kappa shape index (κ3) is 6.64. The molecule has 0 spiro atoms. The van der Waals surface area contributed by atoms with Crippen LogP contribution in [0.5, 0.6) is 17.2 Å². The maximum Gasteiger partial charge on any atom is 0.244 e. The predicted molar refractivity (Wildman–Crippen MR) is 156 cm³/mol. The Balaban J connectivity index is 2.43. The molecule has 0 aromatic heterocycles. The van der Waals surface area contributed by atoms with E-state index in [2.05, 4.69) is 30.4 Å². The van der Waals surface area contributed by atoms with Crippen molar-refractivity contribution in [1.82, 2.24) is 9.62 Å². The highest BCUT2D eigenvalue weighted by Gasteiger charge is 2.37. The SMILES string of the molecule is [2H]C([2H])([2H])C([2H])([2H])Oc1ccc(C)c(C)c1OC(C)CN(C)[C@](C)(CC)C(C)c1ccc(OCC)c(S(=O)(=O)NC)c1C. The highest BCUT2D eigenvalue weighted by molar-refractivity contribution is 7.89. The van der Waals surface area contributed by atoms with Gasteiger partial charge in [-0.2, -0.15) is 0 Å². The molecule has 38 heavy (non-hydrogen) atoms. The standard InChI is InChI=1S/C30H48N2O5S/c1-12-30(9,24(8)25-16-18-27(36-14-3)29(23(25)7)38(33,34)31-10)32(11)19-21(5)37-28-22(6)20(4)15-17-26(28)35-13-2/h15-18,21,24,31H,12-14,19H2,1-11H3/t21?,24?,30-/m1/s1/i2D3,13D2. The van der Waals surface area contributed by atoms with Gasteiger partial charge < -0.3 is 14.2 Å². The van der Waals surface area contributed by atoms with Gasteiger partial charge in [0.25, 0.3) is 0 Å². The molecule has 0 aliphatic carbocycles. The lowest BCUT2D eigenvalue weighted by Gasteiger charge is -2.45. The number of benzene rings is 2. The molecule has 0 radical (unpaired) electrons. The van der Waals surface area contributed by atoms with Crippen LogP contribution in [0.25, 0.3) is 0 Å². The minimum Gasteiger partial charge on any atom is -0.492 e. The molecule has 3 atom stereocenters. The average molecular weight is 554 g/mol. The summed E-state index contributed by atoms with van der Waals surface area (Å²) in [5.74, 6) is 0.536. The number of nitrogens with one attached hydrogen (secondary N) is 1. The third-order valence-corrected chi connectivity index (χ3v) is 9.47. The summed E-state index contributed by atoms with van der Waals surface area (Å²) in [5.41, 5.74) is 2.71. The first-order chi connectivity index (χ1) is 19.7. The van der Waals surface area contributed by atoms with Crippen LogP contribution in [0.2, 0.25) is 0 Å². The van der Waals surface area contributed by atoms with Crippen LogP contribution in [0.1, 0.15) is 82.9 Å². The largest absolute Gasteiger partial charge is 0.492 e. The van der Waals surface area contributed by atoms with Crippen LogP contribution in [0, 0.1) is 20.8 Å². The Kier molecular flexibility index (Phi) is 8.58. The fourth-order valence-electron chi connectivity index (χ4n) is 4.98. The maximum atomic E-state index is 13.0. The van der Waals surface area contributed by atoms with Gasteiger partial charge in [0, 0.05) is 16.2 Å². The van der Waals surface area contributed by atoms with Crippen LogP contribution >= 0.6 is 0 Å². The van der Waals surface area contributed by atoms with Crippen molar-refractivity contribution in [2.45, 2.75) is 91.1 Å². The lowest BCUT2D eigenvalue weighted by molar-refractivity contribution is 0.0610. The number of hydrogen-bond acceptors (Lipinski definition) is 6. The van der Waals surface area contributed by atoms with E-state index < -0.39 is 35.1 Å². The van der Waals surface area contributed by atoms with Gasteiger partial charge in [0.2, 0.25) is 10.0 Å². The third-order valence-electron chi connectivity index (χ3n) is 7.89. The van der Waals surface area contributed by atoms with Crippen LogP contribution in [0.3, 0.4) is 0 Å². The molecule has 214 valence electrons. The number of nitrogens with zero attached hydrogens (tertiary/aromatic N) is 1. The van der Waals surface area contributed by atoms with Gasteiger partial charge in [-0.3, -0.25) is 4.90 Å². The van der Waals surface area contributed by atoms with Crippen molar-refractivity contribution in [3.63, 3.8) is 0 Å². The van der Waals surface area contributed by atoms with E-state index >= 15 is 0 Å². The number of sulfonamides is 1. The molecule has 0 fully saturated rings. The Labute approximate surface area is 237 Å². The molecule has 8 heteroatoms. The highest BCUT2D eigenvalue weighted by atomic mass is 32.2. The molecule has 1 N–H and O–H groups in total. The lowest BCUT2D eigenvalue weighted by atomic mass is 9.77. The van der Waals surface area contributed by atoms with Crippen molar-refractivity contribution >= 4 is 10.0 Å². The average Bonchev–Trinajstić information content (AvgIpc) is 2.91. The van der Waals surface area contributed by atoms with Crippen molar-refractivity contribution in [1.29, 1.82) is 0 Å². The van der Waals surface area contributed by atoms with E-state index in [1.165, 1.54) is 13.1 Å². The van der Waals surface area contributed by atoms with Crippen molar-refractivity contribution in [2.75, 3.05) is 33.8 Å². The molecule has 2 unspecified atom stereocenters. The second-order valence-corrected chi connectivity index (χ2v) is 11.9. The minimum absolute atomic E-state index is 0.0219. The fourth-order valence-corrected chi connectivity index (χ4v) is 6.09. The number of likely N-dealkylation sites (N-methyl/N-ethyl adjacent to an activating group) is 1. The van der Waals surface area contributed by atoms with E-state index in [9.17, 15) is 8.42 Å². The normalized spacial score (nSPS) is 17.8.